The quantitative estimate of drug-likeness (QED) is 0.844. The number of carbonyl (C=O) groups excluding carboxylic acids is 1. The molecule has 1 aromatic carbocycles. The Morgan fingerprint density at radius 1 is 1.19 bits per heavy atom. The Kier molecular flexibility index (Phi) is 4.78. The normalized spacial score (nSPS) is 23.7. The van der Waals surface area contributed by atoms with Gasteiger partial charge in [-0.15, -0.1) is 0 Å². The van der Waals surface area contributed by atoms with Gasteiger partial charge in [0.25, 0.3) is 0 Å². The minimum absolute atomic E-state index is 0.140. The second-order valence-corrected chi connectivity index (χ2v) is 7.17. The second-order valence-electron chi connectivity index (χ2n) is 7.17. The van der Waals surface area contributed by atoms with E-state index in [-0.39, 0.29) is 18.0 Å². The van der Waals surface area contributed by atoms with E-state index < -0.39 is 0 Å². The van der Waals surface area contributed by atoms with Gasteiger partial charge in [-0.05, 0) is 19.4 Å². The maximum atomic E-state index is 12.8. The third-order valence-electron chi connectivity index (χ3n) is 5.56. The number of aromatic nitrogens is 1. The van der Waals surface area contributed by atoms with Crippen molar-refractivity contribution in [3.05, 3.63) is 52.9 Å². The van der Waals surface area contributed by atoms with E-state index >= 15 is 0 Å². The molecule has 0 bridgehead atoms. The van der Waals surface area contributed by atoms with Gasteiger partial charge in [-0.2, -0.15) is 0 Å². The number of rotatable bonds is 3. The van der Waals surface area contributed by atoms with Crippen LogP contribution in [0.25, 0.3) is 0 Å². The predicted molar refractivity (Wildman–Crippen MR) is 96.8 cm³/mol. The Morgan fingerprint density at radius 3 is 2.73 bits per heavy atom. The van der Waals surface area contributed by atoms with Gasteiger partial charge < -0.3 is 14.2 Å². The number of hydrogen-bond acceptors (Lipinski definition) is 5. The van der Waals surface area contributed by atoms with Crippen molar-refractivity contribution in [2.24, 2.45) is 0 Å². The number of aryl methyl sites for hydroxylation is 2. The van der Waals surface area contributed by atoms with E-state index in [0.29, 0.717) is 26.2 Å². The topological polar surface area (TPSA) is 58.8 Å². The molecule has 2 aliphatic rings. The first-order chi connectivity index (χ1) is 12.6. The van der Waals surface area contributed by atoms with Crippen molar-refractivity contribution >= 4 is 5.91 Å². The van der Waals surface area contributed by atoms with Gasteiger partial charge in [-0.25, -0.2) is 0 Å². The van der Waals surface area contributed by atoms with Crippen LogP contribution in [0.4, 0.5) is 0 Å². The molecular weight excluding hydrogens is 330 g/mol. The highest BCUT2D eigenvalue weighted by Crippen LogP contribution is 2.29. The van der Waals surface area contributed by atoms with E-state index in [9.17, 15) is 4.79 Å². The number of ether oxygens (including phenoxy) is 1. The molecule has 0 aliphatic carbocycles. The lowest BCUT2D eigenvalue weighted by Gasteiger charge is -2.48. The van der Waals surface area contributed by atoms with Crippen LogP contribution in [0.2, 0.25) is 0 Å². The Balaban J connectivity index is 1.44. The van der Waals surface area contributed by atoms with Gasteiger partial charge >= 0.3 is 0 Å². The molecule has 26 heavy (non-hydrogen) atoms. The molecule has 2 fully saturated rings. The Labute approximate surface area is 153 Å². The van der Waals surface area contributed by atoms with Gasteiger partial charge in [0.15, 0.2) is 0 Å². The van der Waals surface area contributed by atoms with Crippen LogP contribution in [0.1, 0.15) is 28.6 Å². The number of hydrogen-bond donors (Lipinski definition) is 0. The second kappa shape index (κ2) is 7.21. The van der Waals surface area contributed by atoms with E-state index in [1.807, 2.05) is 24.8 Å². The number of amides is 1. The molecular formula is C20H25N3O3. The smallest absolute Gasteiger partial charge is 0.227 e. The summed E-state index contributed by atoms with van der Waals surface area (Å²) in [6.45, 7) is 7.48. The minimum atomic E-state index is 0.140. The summed E-state index contributed by atoms with van der Waals surface area (Å²) >= 11 is 0. The van der Waals surface area contributed by atoms with Crippen molar-refractivity contribution < 1.29 is 14.1 Å². The third-order valence-corrected chi connectivity index (χ3v) is 5.56. The number of fused-ring (bicyclic) bond motifs is 1. The van der Waals surface area contributed by atoms with Crippen LogP contribution >= 0.6 is 0 Å². The average Bonchev–Trinajstić information content (AvgIpc) is 2.99. The van der Waals surface area contributed by atoms with Gasteiger partial charge in [-0.1, -0.05) is 35.5 Å². The fourth-order valence-electron chi connectivity index (χ4n) is 4.05. The van der Waals surface area contributed by atoms with E-state index in [0.717, 1.165) is 30.1 Å². The monoisotopic (exact) mass is 355 g/mol. The molecule has 0 spiro atoms. The summed E-state index contributed by atoms with van der Waals surface area (Å²) in [5, 5.41) is 3.95. The summed E-state index contributed by atoms with van der Waals surface area (Å²) in [6, 6.07) is 11.0. The van der Waals surface area contributed by atoms with Crippen LogP contribution in [-0.4, -0.2) is 59.8 Å². The van der Waals surface area contributed by atoms with Crippen molar-refractivity contribution in [1.29, 1.82) is 0 Å². The molecule has 0 saturated carbocycles. The molecule has 2 aliphatic heterocycles. The summed E-state index contributed by atoms with van der Waals surface area (Å²) in [5.41, 5.74) is 3.01. The fraction of sp³-hybridized carbons (Fsp3) is 0.500. The molecule has 3 heterocycles. The van der Waals surface area contributed by atoms with Crippen LogP contribution in [0.3, 0.4) is 0 Å². The van der Waals surface area contributed by atoms with Crippen molar-refractivity contribution in [3.8, 4) is 0 Å². The van der Waals surface area contributed by atoms with Gasteiger partial charge in [0.2, 0.25) is 5.91 Å². The number of carbonyl (C=O) groups is 1. The molecule has 0 unspecified atom stereocenters. The highest BCUT2D eigenvalue weighted by atomic mass is 16.5. The minimum Gasteiger partial charge on any atom is -0.378 e. The molecule has 2 aromatic rings. The molecule has 0 N–H and O–H groups in total. The van der Waals surface area contributed by atoms with Crippen LogP contribution in [0.15, 0.2) is 34.9 Å². The Morgan fingerprint density at radius 2 is 2.00 bits per heavy atom. The maximum Gasteiger partial charge on any atom is 0.227 e. The van der Waals surface area contributed by atoms with E-state index in [1.54, 1.807) is 0 Å². The first-order valence-corrected chi connectivity index (χ1v) is 9.21. The fourth-order valence-corrected chi connectivity index (χ4v) is 4.05. The van der Waals surface area contributed by atoms with Gasteiger partial charge in [0, 0.05) is 25.2 Å². The summed E-state index contributed by atoms with van der Waals surface area (Å²) in [7, 11) is 0. The number of nitrogens with zero attached hydrogens (tertiary/aromatic N) is 3. The van der Waals surface area contributed by atoms with Crippen LogP contribution < -0.4 is 0 Å². The summed E-state index contributed by atoms with van der Waals surface area (Å²) in [5.74, 6) is 0.875. The number of benzene rings is 1. The van der Waals surface area contributed by atoms with Crippen molar-refractivity contribution in [2.75, 3.05) is 32.8 Å². The first kappa shape index (κ1) is 17.2. The van der Waals surface area contributed by atoms with Crippen molar-refractivity contribution in [1.82, 2.24) is 15.0 Å². The van der Waals surface area contributed by atoms with Gasteiger partial charge in [-0.3, -0.25) is 9.69 Å². The number of morpholine rings is 1. The lowest BCUT2D eigenvalue weighted by atomic mass is 10.00. The summed E-state index contributed by atoms with van der Waals surface area (Å²) < 4.78 is 11.1. The standard InChI is InChI=1S/C20H25N3O3/c1-14-18(15(2)26-21-14)10-20(24)22-8-9-23-17(11-22)12-25-13-19(23)16-6-4-3-5-7-16/h3-7,17,19H,8-13H2,1-2H3/t17-,19-/m1/s1. The molecule has 4 rings (SSSR count). The molecule has 1 amide bonds. The van der Waals surface area contributed by atoms with Crippen LogP contribution in [-0.2, 0) is 16.0 Å². The van der Waals surface area contributed by atoms with E-state index in [1.165, 1.54) is 5.56 Å². The average molecular weight is 355 g/mol. The Bertz CT molecular complexity index is 754. The first-order valence-electron chi connectivity index (χ1n) is 9.21. The van der Waals surface area contributed by atoms with Crippen LogP contribution in [0.5, 0.6) is 0 Å². The van der Waals surface area contributed by atoms with E-state index in [4.69, 9.17) is 9.26 Å². The predicted octanol–water partition coefficient (Wildman–Crippen LogP) is 2.12. The molecule has 138 valence electrons. The highest BCUT2D eigenvalue weighted by Gasteiger charge is 2.37. The summed E-state index contributed by atoms with van der Waals surface area (Å²) in [4.78, 5) is 17.3. The zero-order valence-electron chi connectivity index (χ0n) is 15.4. The molecule has 2 saturated heterocycles. The maximum absolute atomic E-state index is 12.8. The molecule has 6 nitrogen and oxygen atoms in total. The zero-order valence-corrected chi connectivity index (χ0v) is 15.4. The molecule has 6 heteroatoms. The lowest BCUT2D eigenvalue weighted by Crippen LogP contribution is -2.60. The van der Waals surface area contributed by atoms with Gasteiger partial charge in [0.05, 0.1) is 37.4 Å². The Hall–Kier alpha value is -2.18. The molecule has 2 atom stereocenters. The number of piperazine rings is 1. The SMILES string of the molecule is Cc1noc(C)c1CC(=O)N1CCN2[C@@H](COC[C@@H]2c2ccccc2)C1. The van der Waals surface area contributed by atoms with Crippen molar-refractivity contribution in [2.45, 2.75) is 32.4 Å². The lowest BCUT2D eigenvalue weighted by molar-refractivity contribution is -0.139. The largest absolute Gasteiger partial charge is 0.378 e. The molecule has 0 radical (unpaired) electrons. The zero-order chi connectivity index (χ0) is 18.1. The van der Waals surface area contributed by atoms with Gasteiger partial charge in [0.1, 0.15) is 5.76 Å². The van der Waals surface area contributed by atoms with Crippen molar-refractivity contribution in [3.63, 3.8) is 0 Å². The third kappa shape index (κ3) is 3.27. The molecule has 1 aromatic heterocycles. The highest BCUT2D eigenvalue weighted by molar-refractivity contribution is 5.79. The van der Waals surface area contributed by atoms with Crippen LogP contribution in [0, 0.1) is 13.8 Å². The van der Waals surface area contributed by atoms with E-state index in [2.05, 4.69) is 34.3 Å². The summed E-state index contributed by atoms with van der Waals surface area (Å²) in [6.07, 6.45) is 0.358.